The van der Waals surface area contributed by atoms with Crippen molar-refractivity contribution in [3.63, 3.8) is 0 Å². The molecular weight excluding hydrogens is 301 g/mol. The van der Waals surface area contributed by atoms with Crippen LogP contribution in [-0.4, -0.2) is 17.3 Å². The van der Waals surface area contributed by atoms with Gasteiger partial charge in [0.2, 0.25) is 0 Å². The molecule has 2 aromatic rings. The number of carboxylic acids is 1. The van der Waals surface area contributed by atoms with Crippen LogP contribution in [0.25, 0.3) is 6.08 Å². The summed E-state index contributed by atoms with van der Waals surface area (Å²) < 4.78 is 51.3. The van der Waals surface area contributed by atoms with Crippen molar-refractivity contribution in [2.75, 3.05) is 0 Å². The Morgan fingerprint density at radius 1 is 1.14 bits per heavy atom. The quantitative estimate of drug-likeness (QED) is 0.920. The SMILES string of the molecule is O=C(O)C1=Cc2ccccc2OC1(c1ccco1)C(F)(F)F. The zero-order chi connectivity index (χ0) is 16.0. The molecule has 1 atom stereocenters. The first kappa shape index (κ1) is 14.2. The first-order valence-corrected chi connectivity index (χ1v) is 6.20. The summed E-state index contributed by atoms with van der Waals surface area (Å²) in [6.45, 7) is 0. The number of benzene rings is 1. The van der Waals surface area contributed by atoms with E-state index in [1.54, 1.807) is 6.07 Å². The maximum atomic E-state index is 13.8. The summed E-state index contributed by atoms with van der Waals surface area (Å²) >= 11 is 0. The fraction of sp³-hybridized carbons (Fsp3) is 0.133. The Morgan fingerprint density at radius 2 is 1.86 bits per heavy atom. The van der Waals surface area contributed by atoms with Crippen molar-refractivity contribution in [1.29, 1.82) is 0 Å². The summed E-state index contributed by atoms with van der Waals surface area (Å²) in [6.07, 6.45) is -3.04. The molecule has 4 nitrogen and oxygen atoms in total. The van der Waals surface area contributed by atoms with Crippen molar-refractivity contribution in [2.45, 2.75) is 11.8 Å². The minimum atomic E-state index is -5.03. The van der Waals surface area contributed by atoms with E-state index in [0.717, 1.165) is 18.4 Å². The molecule has 22 heavy (non-hydrogen) atoms. The van der Waals surface area contributed by atoms with Crippen LogP contribution in [0, 0.1) is 0 Å². The summed E-state index contributed by atoms with van der Waals surface area (Å²) in [5.41, 5.74) is -3.88. The van der Waals surface area contributed by atoms with Crippen molar-refractivity contribution in [1.82, 2.24) is 0 Å². The summed E-state index contributed by atoms with van der Waals surface area (Å²) in [5, 5.41) is 9.27. The number of para-hydroxylation sites is 1. The van der Waals surface area contributed by atoms with Gasteiger partial charge in [0.1, 0.15) is 5.75 Å². The molecule has 7 heteroatoms. The van der Waals surface area contributed by atoms with Crippen LogP contribution in [0.2, 0.25) is 0 Å². The van der Waals surface area contributed by atoms with E-state index in [9.17, 15) is 23.1 Å². The van der Waals surface area contributed by atoms with Gasteiger partial charge in [-0.2, -0.15) is 13.2 Å². The number of hydrogen-bond donors (Lipinski definition) is 1. The van der Waals surface area contributed by atoms with Gasteiger partial charge in [-0.05, 0) is 24.3 Å². The molecule has 3 rings (SSSR count). The number of ether oxygens (including phenoxy) is 1. The molecule has 0 aliphatic carbocycles. The summed E-state index contributed by atoms with van der Waals surface area (Å²) in [7, 11) is 0. The molecule has 0 radical (unpaired) electrons. The molecule has 1 N–H and O–H groups in total. The van der Waals surface area contributed by atoms with E-state index in [0.29, 0.717) is 0 Å². The highest BCUT2D eigenvalue weighted by molar-refractivity contribution is 5.96. The van der Waals surface area contributed by atoms with Crippen LogP contribution in [0.15, 0.2) is 52.7 Å². The van der Waals surface area contributed by atoms with Crippen molar-refractivity contribution in [2.24, 2.45) is 0 Å². The zero-order valence-electron chi connectivity index (χ0n) is 10.9. The topological polar surface area (TPSA) is 59.7 Å². The predicted octanol–water partition coefficient (Wildman–Crippen LogP) is 3.60. The predicted molar refractivity (Wildman–Crippen MR) is 69.1 cm³/mol. The van der Waals surface area contributed by atoms with Gasteiger partial charge < -0.3 is 14.3 Å². The highest BCUT2D eigenvalue weighted by Crippen LogP contribution is 2.51. The second kappa shape index (κ2) is 4.66. The van der Waals surface area contributed by atoms with E-state index < -0.39 is 29.1 Å². The van der Waals surface area contributed by atoms with Gasteiger partial charge in [0.05, 0.1) is 11.8 Å². The van der Waals surface area contributed by atoms with E-state index in [2.05, 4.69) is 0 Å². The van der Waals surface area contributed by atoms with Crippen LogP contribution < -0.4 is 4.74 Å². The lowest BCUT2D eigenvalue weighted by Crippen LogP contribution is -2.51. The Labute approximate surface area is 122 Å². The maximum Gasteiger partial charge on any atom is 0.440 e. The normalized spacial score (nSPS) is 20.8. The minimum Gasteiger partial charge on any atom is -0.478 e. The van der Waals surface area contributed by atoms with Crippen LogP contribution in [0.4, 0.5) is 13.2 Å². The first-order chi connectivity index (χ1) is 10.4. The lowest BCUT2D eigenvalue weighted by atomic mass is 9.86. The molecule has 0 spiro atoms. The third-order valence-corrected chi connectivity index (χ3v) is 3.36. The number of rotatable bonds is 2. The van der Waals surface area contributed by atoms with Gasteiger partial charge in [0.25, 0.3) is 5.60 Å². The maximum absolute atomic E-state index is 13.8. The number of fused-ring (bicyclic) bond motifs is 1. The number of carboxylic acid groups (broad SMARTS) is 1. The molecule has 1 aromatic carbocycles. The number of alkyl halides is 3. The number of hydrogen-bond acceptors (Lipinski definition) is 3. The molecule has 0 bridgehead atoms. The Morgan fingerprint density at radius 3 is 2.45 bits per heavy atom. The Hall–Kier alpha value is -2.70. The molecule has 1 aliphatic heterocycles. The third kappa shape index (κ3) is 1.89. The molecule has 1 aromatic heterocycles. The average Bonchev–Trinajstić information content (AvgIpc) is 2.98. The molecule has 0 saturated carbocycles. The van der Waals surface area contributed by atoms with Gasteiger partial charge in [0, 0.05) is 5.56 Å². The van der Waals surface area contributed by atoms with Crippen molar-refractivity contribution in [3.8, 4) is 5.75 Å². The van der Waals surface area contributed by atoms with Gasteiger partial charge >= 0.3 is 12.1 Å². The van der Waals surface area contributed by atoms with Crippen LogP contribution in [0.1, 0.15) is 11.3 Å². The monoisotopic (exact) mass is 310 g/mol. The molecule has 0 fully saturated rings. The van der Waals surface area contributed by atoms with E-state index in [-0.39, 0.29) is 11.3 Å². The third-order valence-electron chi connectivity index (χ3n) is 3.36. The summed E-state index contributed by atoms with van der Waals surface area (Å²) in [6, 6.07) is 8.17. The van der Waals surface area contributed by atoms with Crippen molar-refractivity contribution < 1.29 is 32.2 Å². The molecule has 2 heterocycles. The second-order valence-corrected chi connectivity index (χ2v) is 4.66. The van der Waals surface area contributed by atoms with Gasteiger partial charge in [-0.3, -0.25) is 0 Å². The molecule has 114 valence electrons. The molecular formula is C15H9F3O4. The van der Waals surface area contributed by atoms with Gasteiger partial charge in [0.15, 0.2) is 5.76 Å². The van der Waals surface area contributed by atoms with Crippen molar-refractivity contribution >= 4 is 12.0 Å². The largest absolute Gasteiger partial charge is 0.478 e. The lowest BCUT2D eigenvalue weighted by Gasteiger charge is -2.37. The molecule has 1 unspecified atom stereocenters. The Balaban J connectivity index is 2.33. The van der Waals surface area contributed by atoms with Gasteiger partial charge in [-0.1, -0.05) is 18.2 Å². The minimum absolute atomic E-state index is 0.0683. The van der Waals surface area contributed by atoms with E-state index >= 15 is 0 Å². The van der Waals surface area contributed by atoms with E-state index in [4.69, 9.17) is 9.15 Å². The van der Waals surface area contributed by atoms with Gasteiger partial charge in [-0.15, -0.1) is 0 Å². The smallest absolute Gasteiger partial charge is 0.440 e. The van der Waals surface area contributed by atoms with Crippen LogP contribution in [0.5, 0.6) is 5.75 Å². The lowest BCUT2D eigenvalue weighted by molar-refractivity contribution is -0.246. The first-order valence-electron chi connectivity index (χ1n) is 6.20. The number of halogens is 3. The van der Waals surface area contributed by atoms with Crippen LogP contribution in [-0.2, 0) is 10.4 Å². The fourth-order valence-corrected chi connectivity index (χ4v) is 2.39. The highest BCUT2D eigenvalue weighted by Gasteiger charge is 2.66. The van der Waals surface area contributed by atoms with Crippen LogP contribution in [0.3, 0.4) is 0 Å². The zero-order valence-corrected chi connectivity index (χ0v) is 10.9. The molecule has 0 saturated heterocycles. The summed E-state index contributed by atoms with van der Waals surface area (Å²) in [4.78, 5) is 11.4. The molecule has 0 amide bonds. The number of carbonyl (C=O) groups is 1. The number of furan rings is 1. The van der Waals surface area contributed by atoms with E-state index in [1.807, 2.05) is 0 Å². The number of aliphatic carboxylic acids is 1. The highest BCUT2D eigenvalue weighted by atomic mass is 19.4. The van der Waals surface area contributed by atoms with Gasteiger partial charge in [-0.25, -0.2) is 4.79 Å². The second-order valence-electron chi connectivity index (χ2n) is 4.66. The van der Waals surface area contributed by atoms with E-state index in [1.165, 1.54) is 24.3 Å². The fourth-order valence-electron chi connectivity index (χ4n) is 2.39. The Kier molecular flexibility index (Phi) is 3.01. The molecule has 1 aliphatic rings. The van der Waals surface area contributed by atoms with Crippen LogP contribution >= 0.6 is 0 Å². The average molecular weight is 310 g/mol. The Bertz CT molecular complexity index is 746. The summed E-state index contributed by atoms with van der Waals surface area (Å²) in [5.74, 6) is -2.44. The standard InChI is InChI=1S/C15H9F3O4/c16-15(17,18)14(12-6-3-7-21-12)10(13(19)20)8-9-4-1-2-5-11(9)22-14/h1-8H,(H,19,20). The van der Waals surface area contributed by atoms with Crippen molar-refractivity contribution in [3.05, 3.63) is 59.6 Å².